The molecule has 6 atom stereocenters. The van der Waals surface area contributed by atoms with Crippen molar-refractivity contribution in [3.8, 4) is 0 Å². The Morgan fingerprint density at radius 3 is 1.65 bits per heavy atom. The fraction of sp³-hybridized carbons (Fsp3) is 0.333. The lowest BCUT2D eigenvalue weighted by atomic mass is 9.95. The molecule has 0 radical (unpaired) electrons. The van der Waals surface area contributed by atoms with Gasteiger partial charge in [-0.3, -0.25) is 13.8 Å². The molecule has 0 spiro atoms. The SMILES string of the molecule is C.C.C[C@H]1C[C@H](Cc2ncncc2C(=O)c2ccn(/C=C\c3ccccc3)c2)C[C@@H]1CO.NS(=O)(=O)OC[C@H]1C[C@@H](Cc2ncncc2C(=O)c2ccn(/C=C\c3ccccc3)c2)C[C@@H]1O. The zero-order valence-electron chi connectivity index (χ0n) is 35.6. The van der Waals surface area contributed by atoms with E-state index in [4.69, 9.17) is 5.14 Å². The molecule has 2 aliphatic rings. The van der Waals surface area contributed by atoms with Gasteiger partial charge in [0, 0.05) is 73.2 Å². The first-order valence-corrected chi connectivity index (χ1v) is 22.8. The van der Waals surface area contributed by atoms with Crippen LogP contribution in [-0.4, -0.2) is 78.6 Å². The van der Waals surface area contributed by atoms with Crippen LogP contribution >= 0.6 is 0 Å². The maximum absolute atomic E-state index is 13.2. The second kappa shape index (κ2) is 23.8. The molecule has 0 amide bonds. The zero-order valence-corrected chi connectivity index (χ0v) is 36.4. The smallest absolute Gasteiger partial charge is 0.333 e. The maximum atomic E-state index is 13.2. The van der Waals surface area contributed by atoms with Crippen LogP contribution < -0.4 is 5.14 Å². The van der Waals surface area contributed by atoms with Gasteiger partial charge >= 0.3 is 10.3 Å². The predicted molar refractivity (Wildman–Crippen MR) is 258 cm³/mol. The van der Waals surface area contributed by atoms with Crippen molar-refractivity contribution >= 4 is 46.4 Å². The average molecular weight is 916 g/mol. The van der Waals surface area contributed by atoms with Crippen LogP contribution in [0.5, 0.6) is 0 Å². The van der Waals surface area contributed by atoms with Crippen LogP contribution in [0.15, 0.2) is 123 Å². The molecule has 2 aromatic carbocycles. The monoisotopic (exact) mass is 915 g/mol. The third-order valence-corrected chi connectivity index (χ3v) is 12.5. The van der Waals surface area contributed by atoms with Gasteiger partial charge in [-0.05, 0) is 97.6 Å². The van der Waals surface area contributed by atoms with Crippen molar-refractivity contribution in [3.05, 3.63) is 167 Å². The van der Waals surface area contributed by atoms with E-state index in [-0.39, 0.29) is 51.5 Å². The lowest BCUT2D eigenvalue weighted by Crippen LogP contribution is -2.24. The normalized spacial score (nSPS) is 20.4. The minimum atomic E-state index is -4.06. The number of aliphatic hydroxyl groups is 2. The van der Waals surface area contributed by atoms with E-state index >= 15 is 0 Å². The molecule has 8 rings (SSSR count). The Morgan fingerprint density at radius 1 is 0.727 bits per heavy atom. The first-order chi connectivity index (χ1) is 30.9. The number of carbonyl (C=O) groups excluding carboxylic acids is 2. The number of nitrogens with zero attached hydrogens (tertiary/aromatic N) is 6. The Morgan fingerprint density at radius 2 is 1.20 bits per heavy atom. The van der Waals surface area contributed by atoms with Crippen LogP contribution in [-0.2, 0) is 27.3 Å². The van der Waals surface area contributed by atoms with E-state index in [1.54, 1.807) is 24.7 Å². The Labute approximate surface area is 388 Å². The average Bonchev–Trinajstić information content (AvgIpc) is 4.12. The van der Waals surface area contributed by atoms with Crippen LogP contribution in [0.1, 0.15) is 102 Å². The summed E-state index contributed by atoms with van der Waals surface area (Å²) in [6.07, 6.45) is 24.6. The predicted octanol–water partition coefficient (Wildman–Crippen LogP) is 7.89. The second-order valence-electron chi connectivity index (χ2n) is 16.7. The van der Waals surface area contributed by atoms with Crippen LogP contribution in [0, 0.1) is 29.6 Å². The number of aliphatic hydroxyl groups excluding tert-OH is 2. The number of hydrogen-bond acceptors (Lipinski definition) is 11. The van der Waals surface area contributed by atoms with Crippen molar-refractivity contribution < 1.29 is 32.4 Å². The highest BCUT2D eigenvalue weighted by atomic mass is 32.2. The zero-order chi connectivity index (χ0) is 45.1. The first-order valence-electron chi connectivity index (χ1n) is 21.4. The molecule has 6 aromatic rings. The molecule has 66 heavy (non-hydrogen) atoms. The largest absolute Gasteiger partial charge is 0.396 e. The summed E-state index contributed by atoms with van der Waals surface area (Å²) in [6.45, 7) is 2.26. The molecular weight excluding hydrogens is 855 g/mol. The van der Waals surface area contributed by atoms with Gasteiger partial charge in [-0.2, -0.15) is 8.42 Å². The van der Waals surface area contributed by atoms with E-state index in [1.165, 1.54) is 18.9 Å². The van der Waals surface area contributed by atoms with Gasteiger partial charge in [0.05, 0.1) is 35.2 Å². The number of hydrogen-bond donors (Lipinski definition) is 3. The van der Waals surface area contributed by atoms with E-state index in [9.17, 15) is 28.2 Å². The molecular formula is C51H61N7O7S. The van der Waals surface area contributed by atoms with Gasteiger partial charge in [-0.25, -0.2) is 25.1 Å². The van der Waals surface area contributed by atoms with E-state index < -0.39 is 16.4 Å². The highest BCUT2D eigenvalue weighted by Gasteiger charge is 2.35. The molecule has 348 valence electrons. The van der Waals surface area contributed by atoms with Crippen LogP contribution in [0.4, 0.5) is 0 Å². The molecule has 15 heteroatoms. The van der Waals surface area contributed by atoms with E-state index in [0.717, 1.165) is 36.1 Å². The summed E-state index contributed by atoms with van der Waals surface area (Å²) in [4.78, 5) is 43.3. The van der Waals surface area contributed by atoms with Gasteiger partial charge in [0.1, 0.15) is 12.7 Å². The van der Waals surface area contributed by atoms with Gasteiger partial charge < -0.3 is 19.3 Å². The lowest BCUT2D eigenvalue weighted by molar-refractivity contribution is 0.100. The quantitative estimate of drug-likeness (QED) is 0.0796. The molecule has 0 aliphatic heterocycles. The van der Waals surface area contributed by atoms with Crippen molar-refractivity contribution in [3.63, 3.8) is 0 Å². The third kappa shape index (κ3) is 13.9. The summed E-state index contributed by atoms with van der Waals surface area (Å²) in [5, 5.41) is 24.7. The third-order valence-electron chi connectivity index (χ3n) is 12.1. The Kier molecular flexibility index (Phi) is 18.3. The van der Waals surface area contributed by atoms with Crippen molar-refractivity contribution in [2.75, 3.05) is 13.2 Å². The first kappa shape index (κ1) is 50.8. The second-order valence-corrected chi connectivity index (χ2v) is 17.9. The fourth-order valence-corrected chi connectivity index (χ4v) is 9.03. The highest BCUT2D eigenvalue weighted by molar-refractivity contribution is 7.84. The molecule has 0 unspecified atom stereocenters. The lowest BCUT2D eigenvalue weighted by Gasteiger charge is -2.13. The molecule has 4 N–H and O–H groups in total. The van der Waals surface area contributed by atoms with Crippen molar-refractivity contribution in [2.24, 2.45) is 34.7 Å². The van der Waals surface area contributed by atoms with Crippen LogP contribution in [0.2, 0.25) is 0 Å². The molecule has 14 nitrogen and oxygen atoms in total. The maximum Gasteiger partial charge on any atom is 0.333 e. The molecule has 0 bridgehead atoms. The molecule has 2 saturated carbocycles. The number of benzene rings is 2. The van der Waals surface area contributed by atoms with Crippen molar-refractivity contribution in [1.82, 2.24) is 29.1 Å². The highest BCUT2D eigenvalue weighted by Crippen LogP contribution is 2.38. The Balaban J connectivity index is 0.000000242. The van der Waals surface area contributed by atoms with Gasteiger partial charge in [-0.15, -0.1) is 0 Å². The molecule has 0 saturated heterocycles. The molecule has 2 fully saturated rings. The summed E-state index contributed by atoms with van der Waals surface area (Å²) in [7, 11) is -4.06. The van der Waals surface area contributed by atoms with Gasteiger partial charge in [0.25, 0.3) is 0 Å². The Bertz CT molecular complexity index is 2670. The topological polar surface area (TPSA) is 205 Å². The number of ketones is 2. The van der Waals surface area contributed by atoms with Crippen molar-refractivity contribution in [2.45, 2.75) is 66.4 Å². The van der Waals surface area contributed by atoms with Gasteiger partial charge in [-0.1, -0.05) is 82.4 Å². The van der Waals surface area contributed by atoms with E-state index in [2.05, 4.69) is 31.0 Å². The van der Waals surface area contributed by atoms with E-state index in [0.29, 0.717) is 65.0 Å². The molecule has 4 heterocycles. The number of rotatable bonds is 16. The number of nitrogens with two attached hydrogens (primary N) is 1. The van der Waals surface area contributed by atoms with Gasteiger partial charge in [0.2, 0.25) is 0 Å². The van der Waals surface area contributed by atoms with E-state index in [1.807, 2.05) is 113 Å². The number of carbonyl (C=O) groups is 2. The van der Waals surface area contributed by atoms with Crippen molar-refractivity contribution in [1.29, 1.82) is 0 Å². The van der Waals surface area contributed by atoms with Gasteiger partial charge in [0.15, 0.2) is 11.6 Å². The standard InChI is InChI=1S/C25H27N3O2.C24H26N4O5S.2CH4/c1-18-11-20(12-22(18)16-29)13-24-23(14-26-17-27-24)25(30)21-8-10-28(15-21)9-7-19-5-3-2-4-6-19;25-34(31,32)33-15-20-10-18(12-23(20)29)11-22-21(13-26-16-27-22)24(30)19-7-9-28(14-19)8-6-17-4-2-1-3-5-17;;/h2-10,14-15,17-18,20,22,29H,11-13,16H2,1H3;1-9,13-14,16,18,20,23,29H,10-12,15H2,(H2,25,31,32);2*1H4/b9-7-;8-6-;;/t18-,20-,22+;18-,20+,23-;;/m00../s1. The minimum Gasteiger partial charge on any atom is -0.396 e. The summed E-state index contributed by atoms with van der Waals surface area (Å²) in [6, 6.07) is 23.5. The number of aromatic nitrogens is 6. The molecule has 2 aliphatic carbocycles. The fourth-order valence-electron chi connectivity index (χ4n) is 8.66. The van der Waals surface area contributed by atoms with Crippen LogP contribution in [0.25, 0.3) is 24.6 Å². The Hall–Kier alpha value is -6.23. The summed E-state index contributed by atoms with van der Waals surface area (Å²) in [5.41, 5.74) is 5.67. The minimum absolute atomic E-state index is 0. The van der Waals surface area contributed by atoms with Crippen LogP contribution in [0.3, 0.4) is 0 Å². The summed E-state index contributed by atoms with van der Waals surface area (Å²) in [5.74, 6) is 0.723. The molecule has 4 aromatic heterocycles. The summed E-state index contributed by atoms with van der Waals surface area (Å²) >= 11 is 0. The summed E-state index contributed by atoms with van der Waals surface area (Å²) < 4.78 is 30.5.